The van der Waals surface area contributed by atoms with Crippen molar-refractivity contribution in [2.24, 2.45) is 0 Å². The predicted octanol–water partition coefficient (Wildman–Crippen LogP) is 2.81. The number of esters is 1. The molecule has 2 atom stereocenters. The molecule has 144 valence electrons. The van der Waals surface area contributed by atoms with E-state index in [1.165, 1.54) is 11.0 Å². The zero-order valence-corrected chi connectivity index (χ0v) is 15.9. The molecule has 0 spiro atoms. The molecule has 25 heavy (non-hydrogen) atoms. The Morgan fingerprint density at radius 2 is 2.04 bits per heavy atom. The van der Waals surface area contributed by atoms with Gasteiger partial charge in [0.2, 0.25) is 0 Å². The summed E-state index contributed by atoms with van der Waals surface area (Å²) < 4.78 is 10.6. The molecule has 1 saturated heterocycles. The van der Waals surface area contributed by atoms with E-state index >= 15 is 0 Å². The minimum Gasteiger partial charge on any atom is -0.460 e. The zero-order chi connectivity index (χ0) is 18.9. The van der Waals surface area contributed by atoms with Crippen LogP contribution >= 0.6 is 0 Å². The molecule has 1 amide bonds. The number of unbranched alkanes of at least 4 members (excludes halogenated alkanes) is 1. The van der Waals surface area contributed by atoms with Crippen LogP contribution in [0.1, 0.15) is 53.4 Å². The van der Waals surface area contributed by atoms with Crippen molar-refractivity contribution in [3.63, 3.8) is 0 Å². The minimum absolute atomic E-state index is 0.0483. The van der Waals surface area contributed by atoms with Crippen molar-refractivity contribution in [3.8, 4) is 0 Å². The lowest BCUT2D eigenvalue weighted by Gasteiger charge is -2.38. The number of ether oxygens (including phenoxy) is 2. The molecule has 1 rings (SSSR count). The van der Waals surface area contributed by atoms with Crippen molar-refractivity contribution < 1.29 is 23.9 Å². The Bertz CT molecular complexity index is 447. The van der Waals surface area contributed by atoms with Crippen molar-refractivity contribution in [1.82, 2.24) is 10.4 Å². The maximum atomic E-state index is 12.5. The molecule has 0 radical (unpaired) electrons. The Morgan fingerprint density at radius 3 is 2.64 bits per heavy atom. The van der Waals surface area contributed by atoms with Crippen molar-refractivity contribution in [1.29, 1.82) is 0 Å². The maximum Gasteiger partial charge on any atom is 0.411 e. The number of piperidine rings is 1. The van der Waals surface area contributed by atoms with Gasteiger partial charge in [0, 0.05) is 6.54 Å². The van der Waals surface area contributed by atoms with E-state index in [1.807, 2.05) is 0 Å². The molecule has 0 saturated carbocycles. The molecular weight excluding hydrogens is 324 g/mol. The summed E-state index contributed by atoms with van der Waals surface area (Å²) >= 11 is 0. The van der Waals surface area contributed by atoms with Crippen LogP contribution in [0.25, 0.3) is 0 Å². The van der Waals surface area contributed by atoms with Crippen molar-refractivity contribution in [2.45, 2.75) is 71.1 Å². The number of nitrogens with zero attached hydrogens (tertiary/aromatic N) is 1. The van der Waals surface area contributed by atoms with Gasteiger partial charge in [-0.1, -0.05) is 26.0 Å². The van der Waals surface area contributed by atoms with Gasteiger partial charge in [-0.15, -0.1) is 0 Å². The maximum absolute atomic E-state index is 12.5. The molecule has 0 aromatic carbocycles. The Labute approximate surface area is 150 Å². The molecule has 1 aliphatic rings. The van der Waals surface area contributed by atoms with E-state index in [0.717, 1.165) is 12.8 Å². The lowest BCUT2D eigenvalue weighted by atomic mass is 9.99. The molecule has 1 aliphatic heterocycles. The smallest absolute Gasteiger partial charge is 0.411 e. The third-order valence-corrected chi connectivity index (χ3v) is 3.68. The van der Waals surface area contributed by atoms with E-state index < -0.39 is 23.7 Å². The van der Waals surface area contributed by atoms with Gasteiger partial charge < -0.3 is 14.3 Å². The van der Waals surface area contributed by atoms with Crippen LogP contribution in [-0.4, -0.2) is 54.4 Å². The fourth-order valence-corrected chi connectivity index (χ4v) is 2.47. The highest BCUT2D eigenvalue weighted by Gasteiger charge is 2.39. The summed E-state index contributed by atoms with van der Waals surface area (Å²) in [7, 11) is 0. The van der Waals surface area contributed by atoms with E-state index in [2.05, 4.69) is 19.0 Å². The first-order valence-electron chi connectivity index (χ1n) is 8.93. The number of hydroxylamine groups is 1. The van der Waals surface area contributed by atoms with Gasteiger partial charge in [-0.05, 0) is 40.0 Å². The van der Waals surface area contributed by atoms with E-state index in [9.17, 15) is 9.59 Å². The van der Waals surface area contributed by atoms with Gasteiger partial charge in [-0.3, -0.25) is 4.90 Å². The Hall–Kier alpha value is -1.60. The summed E-state index contributed by atoms with van der Waals surface area (Å²) in [5, 5.41) is 0. The molecule has 0 unspecified atom stereocenters. The van der Waals surface area contributed by atoms with Gasteiger partial charge in [0.15, 0.2) is 0 Å². The number of carbonyl (C=O) groups excluding carboxylic acids is 2. The Kier molecular flexibility index (Phi) is 8.92. The van der Waals surface area contributed by atoms with E-state index in [0.29, 0.717) is 26.0 Å². The second-order valence-corrected chi connectivity index (χ2v) is 7.16. The van der Waals surface area contributed by atoms with E-state index in [4.69, 9.17) is 14.3 Å². The normalized spacial score (nSPS) is 20.9. The van der Waals surface area contributed by atoms with Gasteiger partial charge in [0.25, 0.3) is 0 Å². The van der Waals surface area contributed by atoms with Crippen LogP contribution in [0.2, 0.25) is 0 Å². The van der Waals surface area contributed by atoms with Gasteiger partial charge in [-0.25, -0.2) is 9.59 Å². The number of hydrogen-bond acceptors (Lipinski definition) is 6. The molecule has 0 bridgehead atoms. The van der Waals surface area contributed by atoms with Crippen LogP contribution in [-0.2, 0) is 19.1 Å². The minimum atomic E-state index is -0.650. The molecule has 1 N–H and O–H groups in total. The van der Waals surface area contributed by atoms with Crippen LogP contribution < -0.4 is 5.48 Å². The van der Waals surface area contributed by atoms with Crippen LogP contribution in [0.15, 0.2) is 12.7 Å². The van der Waals surface area contributed by atoms with E-state index in [-0.39, 0.29) is 12.6 Å². The molecule has 0 aromatic heterocycles. The summed E-state index contributed by atoms with van der Waals surface area (Å²) in [5.41, 5.74) is 2.35. The Morgan fingerprint density at radius 1 is 1.32 bits per heavy atom. The zero-order valence-electron chi connectivity index (χ0n) is 15.9. The summed E-state index contributed by atoms with van der Waals surface area (Å²) in [6.07, 6.45) is 4.20. The molecule has 1 heterocycles. The molecular formula is C18H32N2O5. The summed E-state index contributed by atoms with van der Waals surface area (Å²) in [6, 6.07) is -0.698. The lowest BCUT2D eigenvalue weighted by Crippen LogP contribution is -2.56. The second-order valence-electron chi connectivity index (χ2n) is 7.16. The van der Waals surface area contributed by atoms with Crippen LogP contribution in [0, 0.1) is 0 Å². The highest BCUT2D eigenvalue weighted by atomic mass is 16.6. The summed E-state index contributed by atoms with van der Waals surface area (Å²) in [5.74, 6) is -0.434. The van der Waals surface area contributed by atoms with Gasteiger partial charge in [0.1, 0.15) is 18.2 Å². The molecule has 0 aromatic rings. The fourth-order valence-electron chi connectivity index (χ4n) is 2.47. The summed E-state index contributed by atoms with van der Waals surface area (Å²) in [6.45, 7) is 12.1. The van der Waals surface area contributed by atoms with Gasteiger partial charge >= 0.3 is 12.1 Å². The Balaban J connectivity index is 2.72. The quantitative estimate of drug-likeness (QED) is 0.312. The third kappa shape index (κ3) is 7.88. The monoisotopic (exact) mass is 356 g/mol. The number of nitrogens with one attached hydrogen (secondary N) is 1. The van der Waals surface area contributed by atoms with Crippen LogP contribution in [0.5, 0.6) is 0 Å². The first-order valence-corrected chi connectivity index (χ1v) is 8.93. The van der Waals surface area contributed by atoms with Gasteiger partial charge in [0.05, 0.1) is 12.6 Å². The highest BCUT2D eigenvalue weighted by molar-refractivity contribution is 5.82. The summed E-state index contributed by atoms with van der Waals surface area (Å²) in [4.78, 5) is 31.7. The number of carbonyl (C=O) groups is 2. The number of rotatable bonds is 8. The topological polar surface area (TPSA) is 77.1 Å². The van der Waals surface area contributed by atoms with Crippen molar-refractivity contribution in [3.05, 3.63) is 12.7 Å². The van der Waals surface area contributed by atoms with Crippen molar-refractivity contribution >= 4 is 12.1 Å². The average molecular weight is 356 g/mol. The molecule has 7 nitrogen and oxygen atoms in total. The van der Waals surface area contributed by atoms with Crippen molar-refractivity contribution in [2.75, 3.05) is 19.8 Å². The third-order valence-electron chi connectivity index (χ3n) is 3.68. The predicted molar refractivity (Wildman–Crippen MR) is 94.9 cm³/mol. The van der Waals surface area contributed by atoms with Crippen LogP contribution in [0.4, 0.5) is 4.79 Å². The number of likely N-dealkylation sites (tertiary alicyclic amines) is 1. The molecule has 1 fully saturated rings. The number of amides is 1. The number of hydrogen-bond donors (Lipinski definition) is 1. The first-order chi connectivity index (χ1) is 11.8. The molecule has 0 aliphatic carbocycles. The fraction of sp³-hybridized carbons (Fsp3) is 0.778. The lowest BCUT2D eigenvalue weighted by molar-refractivity contribution is -0.150. The highest BCUT2D eigenvalue weighted by Crippen LogP contribution is 2.22. The average Bonchev–Trinajstić information content (AvgIpc) is 2.55. The second kappa shape index (κ2) is 10.4. The standard InChI is InChI=1S/C18H32N2O5/c1-6-8-12-24-19-14-9-10-15(16(21)23-11-7-2)20(13-14)17(22)25-18(3,4)5/h7,14-15,19H,2,6,8-13H2,1,3-5H3/t14-,15+/m1/s1. The SMILES string of the molecule is C=CCOC(=O)[C@@H]1CC[C@@H](NOCCCC)CN1C(=O)OC(C)(C)C. The molecule has 7 heteroatoms. The van der Waals surface area contributed by atoms with Crippen LogP contribution in [0.3, 0.4) is 0 Å². The largest absolute Gasteiger partial charge is 0.460 e. The van der Waals surface area contributed by atoms with E-state index in [1.54, 1.807) is 20.8 Å². The first kappa shape index (κ1) is 21.4. The van der Waals surface area contributed by atoms with Gasteiger partial charge in [-0.2, -0.15) is 5.48 Å².